The molecule has 12 heteroatoms. The van der Waals surface area contributed by atoms with Gasteiger partial charge in [-0.25, -0.2) is 9.97 Å². The van der Waals surface area contributed by atoms with Crippen LogP contribution in [0.3, 0.4) is 0 Å². The Hall–Kier alpha value is -5.10. The molecule has 0 saturated carbocycles. The molecule has 2 aromatic carbocycles. The average Bonchev–Trinajstić information content (AvgIpc) is 3.62. The Balaban J connectivity index is 1.43. The number of unbranched alkanes of at least 4 members (excludes halogenated alkanes) is 4. The lowest BCUT2D eigenvalue weighted by molar-refractivity contribution is -0.140. The zero-order valence-corrected chi connectivity index (χ0v) is 30.4. The molecule has 2 aromatic heterocycles. The SMILES string of the molecule is CCCCCCCOc1ccc(-c2cnc(-c3ccc(CC(NC(=O)c4ccc(C(C)(C)C)s4)C(=O)NC(CC(=O)O)C(N)=O)cc3)nc2)cc1. The Bertz CT molecular complexity index is 1770. The van der Waals surface area contributed by atoms with E-state index in [1.807, 2.05) is 63.2 Å². The number of carboxylic acids is 1. The summed E-state index contributed by atoms with van der Waals surface area (Å²) < 4.78 is 5.88. The summed E-state index contributed by atoms with van der Waals surface area (Å²) in [5, 5.41) is 14.4. The summed E-state index contributed by atoms with van der Waals surface area (Å²) >= 11 is 1.32. The quantitative estimate of drug-likeness (QED) is 0.0869. The van der Waals surface area contributed by atoms with Crippen LogP contribution in [-0.2, 0) is 26.2 Å². The standard InChI is InChI=1S/C39H47N5O6S/c1-5-6-7-8-9-20-50-29-16-14-26(15-17-29)28-23-41-36(42-24-28)27-12-10-25(11-13-27)21-31(37(48)43-30(35(40)47)22-34(45)46)44-38(49)32-18-19-33(51-32)39(2,3)4/h10-19,23-24,30-31H,5-9,20-22H2,1-4H3,(H2,40,47)(H,43,48)(H,44,49)(H,45,46). The van der Waals surface area contributed by atoms with Gasteiger partial charge in [-0.3, -0.25) is 19.2 Å². The molecule has 2 atom stereocenters. The predicted octanol–water partition coefficient (Wildman–Crippen LogP) is 6.30. The van der Waals surface area contributed by atoms with Crippen LogP contribution in [0.2, 0.25) is 0 Å². The monoisotopic (exact) mass is 713 g/mol. The maximum Gasteiger partial charge on any atom is 0.305 e. The molecule has 3 amide bonds. The highest BCUT2D eigenvalue weighted by Crippen LogP contribution is 2.29. The second-order valence-corrected chi connectivity index (χ2v) is 14.6. The smallest absolute Gasteiger partial charge is 0.305 e. The van der Waals surface area contributed by atoms with Crippen LogP contribution >= 0.6 is 11.3 Å². The minimum Gasteiger partial charge on any atom is -0.494 e. The molecule has 0 aliphatic carbocycles. The maximum absolute atomic E-state index is 13.4. The summed E-state index contributed by atoms with van der Waals surface area (Å²) in [6.07, 6.45) is 8.85. The minimum absolute atomic E-state index is 0.0618. The Morgan fingerprint density at radius 1 is 0.824 bits per heavy atom. The van der Waals surface area contributed by atoms with Crippen molar-refractivity contribution < 1.29 is 29.0 Å². The number of nitrogens with zero attached hydrogens (tertiary/aromatic N) is 2. The van der Waals surface area contributed by atoms with Crippen LogP contribution in [0, 0.1) is 0 Å². The van der Waals surface area contributed by atoms with Gasteiger partial charge in [0.2, 0.25) is 11.8 Å². The Kier molecular flexibility index (Phi) is 13.8. The van der Waals surface area contributed by atoms with Crippen LogP contribution in [0.1, 0.15) is 86.3 Å². The molecule has 51 heavy (non-hydrogen) atoms. The molecule has 0 saturated heterocycles. The van der Waals surface area contributed by atoms with Crippen molar-refractivity contribution in [3.8, 4) is 28.3 Å². The lowest BCUT2D eigenvalue weighted by atomic mass is 9.95. The first-order valence-corrected chi connectivity index (χ1v) is 18.0. The summed E-state index contributed by atoms with van der Waals surface area (Å²) in [5.41, 5.74) is 8.48. The molecule has 4 aromatic rings. The van der Waals surface area contributed by atoms with E-state index in [1.165, 1.54) is 37.0 Å². The van der Waals surface area contributed by atoms with Gasteiger partial charge in [-0.15, -0.1) is 11.3 Å². The zero-order valence-electron chi connectivity index (χ0n) is 29.6. The van der Waals surface area contributed by atoms with Gasteiger partial charge in [0.05, 0.1) is 17.9 Å². The number of carboxylic acid groups (broad SMARTS) is 1. The number of amides is 3. The second-order valence-electron chi connectivity index (χ2n) is 13.5. The lowest BCUT2D eigenvalue weighted by Crippen LogP contribution is -2.54. The van der Waals surface area contributed by atoms with Gasteiger partial charge < -0.3 is 26.2 Å². The number of rotatable bonds is 18. The van der Waals surface area contributed by atoms with Crippen LogP contribution in [-0.4, -0.2) is 57.5 Å². The Morgan fingerprint density at radius 2 is 1.47 bits per heavy atom. The first kappa shape index (κ1) is 38.7. The molecule has 270 valence electrons. The molecule has 0 fully saturated rings. The van der Waals surface area contributed by atoms with Crippen LogP contribution in [0.4, 0.5) is 0 Å². The number of carbonyl (C=O) groups excluding carboxylic acids is 3. The molecule has 5 N–H and O–H groups in total. The number of hydrogen-bond donors (Lipinski definition) is 4. The summed E-state index contributed by atoms with van der Waals surface area (Å²) in [5.74, 6) is -2.14. The molecule has 0 spiro atoms. The molecule has 0 aliphatic heterocycles. The van der Waals surface area contributed by atoms with Crippen LogP contribution < -0.4 is 21.1 Å². The van der Waals surface area contributed by atoms with Crippen molar-refractivity contribution in [1.82, 2.24) is 20.6 Å². The van der Waals surface area contributed by atoms with Crippen molar-refractivity contribution in [2.75, 3.05) is 6.61 Å². The fourth-order valence-electron chi connectivity index (χ4n) is 5.26. The van der Waals surface area contributed by atoms with E-state index in [1.54, 1.807) is 30.6 Å². The van der Waals surface area contributed by atoms with E-state index >= 15 is 0 Å². The Morgan fingerprint density at radius 3 is 2.06 bits per heavy atom. The van der Waals surface area contributed by atoms with Gasteiger partial charge in [0.1, 0.15) is 17.8 Å². The zero-order chi connectivity index (χ0) is 37.0. The number of aromatic nitrogens is 2. The van der Waals surface area contributed by atoms with Crippen molar-refractivity contribution >= 4 is 35.0 Å². The van der Waals surface area contributed by atoms with Gasteiger partial charge in [-0.2, -0.15) is 0 Å². The number of hydrogen-bond acceptors (Lipinski definition) is 8. The Labute approximate surface area is 303 Å². The van der Waals surface area contributed by atoms with E-state index in [9.17, 15) is 24.3 Å². The summed E-state index contributed by atoms with van der Waals surface area (Å²) in [4.78, 5) is 60.3. The molecule has 0 aliphatic rings. The number of benzene rings is 2. The number of ether oxygens (including phenoxy) is 1. The molecule has 2 unspecified atom stereocenters. The molecule has 11 nitrogen and oxygen atoms in total. The van der Waals surface area contributed by atoms with Crippen LogP contribution in [0.15, 0.2) is 73.1 Å². The molecule has 0 radical (unpaired) electrons. The molecule has 2 heterocycles. The first-order chi connectivity index (χ1) is 24.3. The second kappa shape index (κ2) is 18.2. The van der Waals surface area contributed by atoms with Gasteiger partial charge in [0.25, 0.3) is 5.91 Å². The topological polar surface area (TPSA) is 174 Å². The normalized spacial score (nSPS) is 12.5. The number of primary amides is 1. The van der Waals surface area contributed by atoms with Crippen molar-refractivity contribution in [3.05, 3.63) is 88.4 Å². The van der Waals surface area contributed by atoms with E-state index in [0.717, 1.165) is 33.7 Å². The lowest BCUT2D eigenvalue weighted by Gasteiger charge is -2.21. The average molecular weight is 714 g/mol. The number of nitrogens with two attached hydrogens (primary N) is 1. The molecule has 4 rings (SSSR count). The third kappa shape index (κ3) is 11.7. The van der Waals surface area contributed by atoms with Crippen molar-refractivity contribution in [2.24, 2.45) is 5.73 Å². The summed E-state index contributed by atoms with van der Waals surface area (Å²) in [6, 6.07) is 16.1. The largest absolute Gasteiger partial charge is 0.494 e. The first-order valence-electron chi connectivity index (χ1n) is 17.2. The number of nitrogens with one attached hydrogen (secondary N) is 2. The van der Waals surface area contributed by atoms with E-state index in [0.29, 0.717) is 22.9 Å². The maximum atomic E-state index is 13.4. The van der Waals surface area contributed by atoms with Crippen LogP contribution in [0.5, 0.6) is 5.75 Å². The van der Waals surface area contributed by atoms with Gasteiger partial charge in [-0.1, -0.05) is 89.8 Å². The van der Waals surface area contributed by atoms with E-state index in [2.05, 4.69) is 27.5 Å². The third-order valence-corrected chi connectivity index (χ3v) is 9.75. The summed E-state index contributed by atoms with van der Waals surface area (Å²) in [6.45, 7) is 9.03. The highest BCUT2D eigenvalue weighted by atomic mass is 32.1. The number of thiophene rings is 1. The van der Waals surface area contributed by atoms with E-state index in [-0.39, 0.29) is 11.8 Å². The van der Waals surface area contributed by atoms with Crippen molar-refractivity contribution in [1.29, 1.82) is 0 Å². The highest BCUT2D eigenvalue weighted by molar-refractivity contribution is 7.14. The number of carbonyl (C=O) groups is 4. The van der Waals surface area contributed by atoms with Crippen molar-refractivity contribution in [3.63, 3.8) is 0 Å². The molecule has 0 bridgehead atoms. The van der Waals surface area contributed by atoms with Crippen molar-refractivity contribution in [2.45, 2.75) is 90.1 Å². The van der Waals surface area contributed by atoms with Gasteiger partial charge in [0, 0.05) is 34.8 Å². The van der Waals surface area contributed by atoms with Gasteiger partial charge >= 0.3 is 5.97 Å². The van der Waals surface area contributed by atoms with Crippen LogP contribution in [0.25, 0.3) is 22.5 Å². The number of aliphatic carboxylic acids is 1. The van der Waals surface area contributed by atoms with E-state index in [4.69, 9.17) is 10.5 Å². The highest BCUT2D eigenvalue weighted by Gasteiger charge is 2.28. The third-order valence-electron chi connectivity index (χ3n) is 8.24. The fourth-order valence-corrected chi connectivity index (χ4v) is 6.23. The minimum atomic E-state index is -1.44. The van der Waals surface area contributed by atoms with Gasteiger partial charge in [0.15, 0.2) is 5.82 Å². The van der Waals surface area contributed by atoms with Gasteiger partial charge in [-0.05, 0) is 47.2 Å². The molecular weight excluding hydrogens is 667 g/mol. The fraction of sp³-hybridized carbons (Fsp3) is 0.385. The predicted molar refractivity (Wildman–Crippen MR) is 199 cm³/mol. The molecular formula is C39H47N5O6S. The van der Waals surface area contributed by atoms with E-state index < -0.39 is 42.2 Å². The summed E-state index contributed by atoms with van der Waals surface area (Å²) in [7, 11) is 0.